The van der Waals surface area contributed by atoms with Gasteiger partial charge >= 0.3 is 0 Å². The zero-order valence-electron chi connectivity index (χ0n) is 8.95. The molecule has 0 N–H and O–H groups in total. The highest BCUT2D eigenvalue weighted by atomic mass is 79.9. The average molecular weight is 290 g/mol. The second kappa shape index (κ2) is 5.25. The Morgan fingerprint density at radius 2 is 2.33 bits per heavy atom. The molecule has 0 spiro atoms. The minimum atomic E-state index is 0.727. The maximum Gasteiger partial charge on any atom is 0.205 e. The number of aryl methyl sites for hydroxylation is 1. The molecule has 15 heavy (non-hydrogen) atoms. The first-order valence-electron chi connectivity index (χ1n) is 5.50. The van der Waals surface area contributed by atoms with E-state index in [4.69, 9.17) is 0 Å². The Hall–Kier alpha value is -0.160. The summed E-state index contributed by atoms with van der Waals surface area (Å²) in [7, 11) is 0. The van der Waals surface area contributed by atoms with Gasteiger partial charge in [-0.05, 0) is 19.3 Å². The van der Waals surface area contributed by atoms with Crippen LogP contribution in [0.25, 0.3) is 0 Å². The van der Waals surface area contributed by atoms with Crippen molar-refractivity contribution >= 4 is 32.6 Å². The monoisotopic (exact) mass is 289 g/mol. The van der Waals surface area contributed by atoms with Gasteiger partial charge in [-0.3, -0.25) is 0 Å². The first kappa shape index (κ1) is 11.3. The molecule has 0 saturated heterocycles. The highest BCUT2D eigenvalue weighted by Crippen LogP contribution is 2.32. The number of hydrogen-bond donors (Lipinski definition) is 0. The molecule has 1 aromatic rings. The number of halogens is 1. The van der Waals surface area contributed by atoms with E-state index >= 15 is 0 Å². The Balaban J connectivity index is 2.04. The molecule has 84 valence electrons. The van der Waals surface area contributed by atoms with Gasteiger partial charge in [-0.25, -0.2) is 4.98 Å². The number of alkyl halides is 1. The molecule has 1 aromatic heterocycles. The van der Waals surface area contributed by atoms with E-state index in [1.807, 2.05) is 0 Å². The topological polar surface area (TPSA) is 29.0 Å². The molecule has 0 aliphatic heterocycles. The van der Waals surface area contributed by atoms with Crippen molar-refractivity contribution in [3.05, 3.63) is 5.82 Å². The quantitative estimate of drug-likeness (QED) is 0.754. The van der Waals surface area contributed by atoms with Crippen molar-refractivity contribution < 1.29 is 0 Å². The SMILES string of the molecule is CCCc1nsc(N(CCBr)C2CC2)n1. The van der Waals surface area contributed by atoms with Gasteiger partial charge < -0.3 is 4.90 Å². The molecule has 1 saturated carbocycles. The summed E-state index contributed by atoms with van der Waals surface area (Å²) in [6.45, 7) is 3.21. The van der Waals surface area contributed by atoms with Gasteiger partial charge in [0.2, 0.25) is 5.13 Å². The molecule has 1 heterocycles. The summed E-state index contributed by atoms with van der Waals surface area (Å²) in [5.41, 5.74) is 0. The molecule has 0 unspecified atom stereocenters. The first-order chi connectivity index (χ1) is 7.35. The van der Waals surface area contributed by atoms with Crippen molar-refractivity contribution in [2.45, 2.75) is 38.6 Å². The Morgan fingerprint density at radius 3 is 2.93 bits per heavy atom. The average Bonchev–Trinajstić information content (AvgIpc) is 2.96. The lowest BCUT2D eigenvalue weighted by atomic mass is 10.3. The van der Waals surface area contributed by atoms with E-state index < -0.39 is 0 Å². The fraction of sp³-hybridized carbons (Fsp3) is 0.800. The fourth-order valence-corrected chi connectivity index (χ4v) is 2.79. The third kappa shape index (κ3) is 2.91. The van der Waals surface area contributed by atoms with E-state index in [-0.39, 0.29) is 0 Å². The first-order valence-corrected chi connectivity index (χ1v) is 7.39. The molecule has 0 aromatic carbocycles. The maximum atomic E-state index is 4.59. The summed E-state index contributed by atoms with van der Waals surface area (Å²) < 4.78 is 4.39. The lowest BCUT2D eigenvalue weighted by Crippen LogP contribution is -2.27. The molecule has 0 radical (unpaired) electrons. The third-order valence-corrected chi connectivity index (χ3v) is 3.64. The molecule has 0 atom stereocenters. The summed E-state index contributed by atoms with van der Waals surface area (Å²) >= 11 is 5.05. The summed E-state index contributed by atoms with van der Waals surface area (Å²) in [4.78, 5) is 6.99. The van der Waals surface area contributed by atoms with Crippen LogP contribution in [0.4, 0.5) is 5.13 Å². The van der Waals surface area contributed by atoms with Crippen molar-refractivity contribution in [1.29, 1.82) is 0 Å². The molecule has 0 bridgehead atoms. The van der Waals surface area contributed by atoms with Crippen LogP contribution in [0.3, 0.4) is 0 Å². The zero-order chi connectivity index (χ0) is 10.7. The molecule has 0 amide bonds. The van der Waals surface area contributed by atoms with Crippen LogP contribution in [0.5, 0.6) is 0 Å². The molecular formula is C10H16BrN3S. The van der Waals surface area contributed by atoms with Gasteiger partial charge in [-0.15, -0.1) is 0 Å². The summed E-state index contributed by atoms with van der Waals surface area (Å²) in [6.07, 6.45) is 4.76. The van der Waals surface area contributed by atoms with Crippen molar-refractivity contribution in [2.75, 3.05) is 16.8 Å². The highest BCUT2D eigenvalue weighted by Gasteiger charge is 2.30. The van der Waals surface area contributed by atoms with Crippen LogP contribution < -0.4 is 4.90 Å². The van der Waals surface area contributed by atoms with Gasteiger partial charge in [0, 0.05) is 35.9 Å². The van der Waals surface area contributed by atoms with E-state index in [1.54, 1.807) is 11.5 Å². The highest BCUT2D eigenvalue weighted by molar-refractivity contribution is 9.09. The minimum Gasteiger partial charge on any atom is -0.343 e. The lowest BCUT2D eigenvalue weighted by Gasteiger charge is -2.19. The van der Waals surface area contributed by atoms with Gasteiger partial charge in [-0.2, -0.15) is 4.37 Å². The second-order valence-electron chi connectivity index (χ2n) is 3.86. The Bertz CT molecular complexity index is 311. The van der Waals surface area contributed by atoms with Gasteiger partial charge in [-0.1, -0.05) is 22.9 Å². The van der Waals surface area contributed by atoms with Crippen LogP contribution in [0, 0.1) is 0 Å². The molecule has 1 aliphatic carbocycles. The molecule has 1 fully saturated rings. The molecule has 1 aliphatic rings. The van der Waals surface area contributed by atoms with E-state index in [0.717, 1.165) is 41.7 Å². The Labute approximate surface area is 103 Å². The Morgan fingerprint density at radius 1 is 1.53 bits per heavy atom. The van der Waals surface area contributed by atoms with E-state index in [0.29, 0.717) is 0 Å². The maximum absolute atomic E-state index is 4.59. The lowest BCUT2D eigenvalue weighted by molar-refractivity contribution is 0.810. The number of nitrogens with zero attached hydrogens (tertiary/aromatic N) is 3. The summed E-state index contributed by atoms with van der Waals surface area (Å²) in [6, 6.07) is 0.727. The number of rotatable bonds is 6. The van der Waals surface area contributed by atoms with Crippen molar-refractivity contribution in [2.24, 2.45) is 0 Å². The van der Waals surface area contributed by atoms with Crippen molar-refractivity contribution in [1.82, 2.24) is 9.36 Å². The van der Waals surface area contributed by atoms with Gasteiger partial charge in [0.1, 0.15) is 5.82 Å². The predicted molar refractivity (Wildman–Crippen MR) is 68.1 cm³/mol. The summed E-state index contributed by atoms with van der Waals surface area (Å²) in [5.74, 6) is 1.01. The predicted octanol–water partition coefficient (Wildman–Crippen LogP) is 2.85. The second-order valence-corrected chi connectivity index (χ2v) is 5.38. The van der Waals surface area contributed by atoms with Crippen LogP contribution in [-0.2, 0) is 6.42 Å². The molecule has 2 rings (SSSR count). The van der Waals surface area contributed by atoms with E-state index in [1.165, 1.54) is 12.8 Å². The van der Waals surface area contributed by atoms with Crippen LogP contribution in [0.1, 0.15) is 32.0 Å². The van der Waals surface area contributed by atoms with Gasteiger partial charge in [0.15, 0.2) is 0 Å². The fourth-order valence-electron chi connectivity index (χ4n) is 1.60. The summed E-state index contributed by atoms with van der Waals surface area (Å²) in [5, 5.41) is 2.12. The zero-order valence-corrected chi connectivity index (χ0v) is 11.4. The number of anilines is 1. The standard InChI is InChI=1S/C10H16BrN3S/c1-2-3-9-12-10(15-13-9)14(7-6-11)8-4-5-8/h8H,2-7H2,1H3. The van der Waals surface area contributed by atoms with Crippen LogP contribution in [-0.4, -0.2) is 27.3 Å². The molecular weight excluding hydrogens is 274 g/mol. The third-order valence-electron chi connectivity index (χ3n) is 2.49. The van der Waals surface area contributed by atoms with Gasteiger partial charge in [0.25, 0.3) is 0 Å². The van der Waals surface area contributed by atoms with E-state index in [2.05, 4.69) is 37.1 Å². The largest absolute Gasteiger partial charge is 0.343 e. The molecule has 5 heteroatoms. The number of aromatic nitrogens is 2. The van der Waals surface area contributed by atoms with Crippen LogP contribution >= 0.6 is 27.5 Å². The van der Waals surface area contributed by atoms with Crippen LogP contribution in [0.15, 0.2) is 0 Å². The van der Waals surface area contributed by atoms with Crippen LogP contribution in [0.2, 0.25) is 0 Å². The molecule has 3 nitrogen and oxygen atoms in total. The Kier molecular flexibility index (Phi) is 3.97. The van der Waals surface area contributed by atoms with Gasteiger partial charge in [0.05, 0.1) is 0 Å². The minimum absolute atomic E-state index is 0.727. The van der Waals surface area contributed by atoms with E-state index in [9.17, 15) is 0 Å². The normalized spacial score (nSPS) is 15.6. The number of hydrogen-bond acceptors (Lipinski definition) is 4. The van der Waals surface area contributed by atoms with Crippen molar-refractivity contribution in [3.8, 4) is 0 Å². The van der Waals surface area contributed by atoms with Crippen molar-refractivity contribution in [3.63, 3.8) is 0 Å². The smallest absolute Gasteiger partial charge is 0.205 e.